The number of aromatic nitrogens is 8. The molecule has 10 nitrogen and oxygen atoms in total. The Morgan fingerprint density at radius 2 is 2.11 bits per heavy atom. The Balaban J connectivity index is 1.65. The summed E-state index contributed by atoms with van der Waals surface area (Å²) in [6, 6.07) is 5.57. The number of amides is 1. The number of anilines is 1. The van der Waals surface area contributed by atoms with Crippen LogP contribution in [0, 0.1) is 18.2 Å². The van der Waals surface area contributed by atoms with Crippen molar-refractivity contribution in [3.8, 4) is 35.0 Å². The Morgan fingerprint density at radius 3 is 2.75 bits per heavy atom. The van der Waals surface area contributed by atoms with Crippen LogP contribution in [-0.2, 0) is 0 Å². The largest absolute Gasteiger partial charge is 0.320 e. The number of halogens is 1. The van der Waals surface area contributed by atoms with Gasteiger partial charge in [-0.25, -0.2) is 4.39 Å². The number of H-pyrrole nitrogens is 2. The molecule has 0 aliphatic carbocycles. The Bertz CT molecular complexity index is 1160. The maximum atomic E-state index is 14.1. The van der Waals surface area contributed by atoms with Crippen molar-refractivity contribution >= 4 is 11.6 Å². The van der Waals surface area contributed by atoms with E-state index in [1.807, 2.05) is 0 Å². The molecule has 0 saturated heterocycles. The van der Waals surface area contributed by atoms with E-state index >= 15 is 0 Å². The molecule has 28 heavy (non-hydrogen) atoms. The van der Waals surface area contributed by atoms with E-state index in [1.165, 1.54) is 12.1 Å². The van der Waals surface area contributed by atoms with Crippen LogP contribution < -0.4 is 5.32 Å². The van der Waals surface area contributed by atoms with Gasteiger partial charge in [0.1, 0.15) is 5.82 Å². The first kappa shape index (κ1) is 17.0. The van der Waals surface area contributed by atoms with Crippen molar-refractivity contribution in [3.05, 3.63) is 53.7 Å². The van der Waals surface area contributed by atoms with Gasteiger partial charge in [0.15, 0.2) is 5.69 Å². The van der Waals surface area contributed by atoms with Crippen molar-refractivity contribution < 1.29 is 9.18 Å². The van der Waals surface area contributed by atoms with Crippen LogP contribution in [0.25, 0.3) is 22.6 Å². The SMILES string of the molecule is C#Cc1cc(NC(=O)c2ccc(-c3cn[nH]c3)nn2)c(-c2nn[nH]n2)cc1F. The molecular weight excluding hydrogens is 365 g/mol. The third-order valence-electron chi connectivity index (χ3n) is 3.79. The Hall–Kier alpha value is -4.46. The molecule has 0 aliphatic heterocycles. The van der Waals surface area contributed by atoms with Crippen LogP contribution in [0.3, 0.4) is 0 Å². The maximum absolute atomic E-state index is 14.1. The van der Waals surface area contributed by atoms with Crippen LogP contribution in [0.2, 0.25) is 0 Å². The van der Waals surface area contributed by atoms with Crippen LogP contribution in [0.5, 0.6) is 0 Å². The molecule has 0 fully saturated rings. The van der Waals surface area contributed by atoms with Gasteiger partial charge in [0, 0.05) is 17.3 Å². The summed E-state index contributed by atoms with van der Waals surface area (Å²) < 4.78 is 14.1. The molecular formula is C17H10FN9O. The number of rotatable bonds is 4. The molecule has 1 aromatic carbocycles. The van der Waals surface area contributed by atoms with Gasteiger partial charge in [-0.2, -0.15) is 10.3 Å². The van der Waals surface area contributed by atoms with Crippen molar-refractivity contribution in [3.63, 3.8) is 0 Å². The second-order valence-electron chi connectivity index (χ2n) is 5.50. The van der Waals surface area contributed by atoms with Gasteiger partial charge in [-0.1, -0.05) is 5.92 Å². The van der Waals surface area contributed by atoms with Crippen molar-refractivity contribution in [2.24, 2.45) is 0 Å². The first-order valence-corrected chi connectivity index (χ1v) is 7.84. The summed E-state index contributed by atoms with van der Waals surface area (Å²) in [4.78, 5) is 12.6. The number of hydrogen-bond donors (Lipinski definition) is 3. The highest BCUT2D eigenvalue weighted by Crippen LogP contribution is 2.28. The van der Waals surface area contributed by atoms with E-state index in [4.69, 9.17) is 6.42 Å². The minimum absolute atomic E-state index is 0.0241. The van der Waals surface area contributed by atoms with Gasteiger partial charge in [-0.15, -0.1) is 26.8 Å². The summed E-state index contributed by atoms with van der Waals surface area (Å²) in [6.45, 7) is 0. The molecule has 136 valence electrons. The van der Waals surface area contributed by atoms with Gasteiger partial charge in [-0.05, 0) is 29.5 Å². The summed E-state index contributed by atoms with van der Waals surface area (Å²) in [5.74, 6) is 1.10. The highest BCUT2D eigenvalue weighted by molar-refractivity contribution is 6.05. The van der Waals surface area contributed by atoms with E-state index in [2.05, 4.69) is 52.3 Å². The van der Waals surface area contributed by atoms with E-state index in [1.54, 1.807) is 18.5 Å². The number of tetrazole rings is 1. The highest BCUT2D eigenvalue weighted by Gasteiger charge is 2.18. The van der Waals surface area contributed by atoms with Gasteiger partial charge in [-0.3, -0.25) is 9.89 Å². The molecule has 0 unspecified atom stereocenters. The Morgan fingerprint density at radius 1 is 1.21 bits per heavy atom. The molecule has 1 amide bonds. The molecule has 3 aromatic heterocycles. The molecule has 0 spiro atoms. The molecule has 11 heteroatoms. The molecule has 3 N–H and O–H groups in total. The van der Waals surface area contributed by atoms with Crippen molar-refractivity contribution in [2.45, 2.75) is 0 Å². The first-order valence-electron chi connectivity index (χ1n) is 7.84. The van der Waals surface area contributed by atoms with Crippen LogP contribution in [0.1, 0.15) is 16.1 Å². The Kier molecular flexibility index (Phi) is 4.27. The predicted octanol–water partition coefficient (Wildman–Crippen LogP) is 1.42. The molecule has 4 rings (SSSR count). The third kappa shape index (κ3) is 3.17. The second kappa shape index (κ2) is 7.04. The molecule has 0 saturated carbocycles. The van der Waals surface area contributed by atoms with Gasteiger partial charge in [0.25, 0.3) is 5.91 Å². The van der Waals surface area contributed by atoms with Crippen LogP contribution in [0.15, 0.2) is 36.7 Å². The number of hydrogen-bond acceptors (Lipinski definition) is 7. The number of benzene rings is 1. The summed E-state index contributed by atoms with van der Waals surface area (Å²) >= 11 is 0. The third-order valence-corrected chi connectivity index (χ3v) is 3.79. The maximum Gasteiger partial charge on any atom is 0.276 e. The zero-order valence-corrected chi connectivity index (χ0v) is 14.0. The predicted molar refractivity (Wildman–Crippen MR) is 95.1 cm³/mol. The van der Waals surface area contributed by atoms with Crippen LogP contribution >= 0.6 is 0 Å². The van der Waals surface area contributed by atoms with Crippen molar-refractivity contribution in [1.29, 1.82) is 0 Å². The van der Waals surface area contributed by atoms with Crippen LogP contribution in [-0.4, -0.2) is 46.9 Å². The smallest absolute Gasteiger partial charge is 0.276 e. The number of carbonyl (C=O) groups is 1. The lowest BCUT2D eigenvalue weighted by Gasteiger charge is -2.10. The molecule has 0 atom stereocenters. The number of carbonyl (C=O) groups excluding carboxylic acids is 1. The van der Waals surface area contributed by atoms with Gasteiger partial charge >= 0.3 is 0 Å². The van der Waals surface area contributed by atoms with Gasteiger partial charge in [0.05, 0.1) is 23.1 Å². The first-order chi connectivity index (χ1) is 13.7. The summed E-state index contributed by atoms with van der Waals surface area (Å²) in [5, 5.41) is 30.4. The van der Waals surface area contributed by atoms with E-state index < -0.39 is 11.7 Å². The second-order valence-corrected chi connectivity index (χ2v) is 5.50. The zero-order chi connectivity index (χ0) is 19.5. The van der Waals surface area contributed by atoms with Crippen molar-refractivity contribution in [1.82, 2.24) is 41.0 Å². The average Bonchev–Trinajstić information content (AvgIpc) is 3.43. The monoisotopic (exact) mass is 375 g/mol. The topological polar surface area (TPSA) is 138 Å². The lowest BCUT2D eigenvalue weighted by Crippen LogP contribution is -2.15. The lowest BCUT2D eigenvalue weighted by molar-refractivity contribution is 0.102. The van der Waals surface area contributed by atoms with E-state index in [0.717, 1.165) is 11.6 Å². The van der Waals surface area contributed by atoms with Crippen molar-refractivity contribution in [2.75, 3.05) is 5.32 Å². The minimum atomic E-state index is -0.649. The molecule has 0 radical (unpaired) electrons. The molecule has 0 bridgehead atoms. The zero-order valence-electron chi connectivity index (χ0n) is 14.0. The molecule has 0 aliphatic rings. The Labute approximate surface area is 156 Å². The summed E-state index contributed by atoms with van der Waals surface area (Å²) in [5.41, 5.74) is 1.73. The van der Waals surface area contributed by atoms with Crippen LogP contribution in [0.4, 0.5) is 10.1 Å². The fraction of sp³-hybridized carbons (Fsp3) is 0. The fourth-order valence-corrected chi connectivity index (χ4v) is 2.43. The van der Waals surface area contributed by atoms with Gasteiger partial charge < -0.3 is 5.32 Å². The fourth-order valence-electron chi connectivity index (χ4n) is 2.43. The number of nitrogens with zero attached hydrogens (tertiary/aromatic N) is 6. The van der Waals surface area contributed by atoms with E-state index in [0.29, 0.717) is 5.69 Å². The van der Waals surface area contributed by atoms with E-state index in [-0.39, 0.29) is 28.3 Å². The number of terminal acetylenes is 1. The average molecular weight is 375 g/mol. The lowest BCUT2D eigenvalue weighted by atomic mass is 10.1. The highest BCUT2D eigenvalue weighted by atomic mass is 19.1. The van der Waals surface area contributed by atoms with Gasteiger partial charge in [0.2, 0.25) is 5.82 Å². The number of aromatic amines is 2. The molecule has 3 heterocycles. The molecule has 4 aromatic rings. The van der Waals surface area contributed by atoms with E-state index in [9.17, 15) is 9.18 Å². The minimum Gasteiger partial charge on any atom is -0.320 e. The number of nitrogens with one attached hydrogen (secondary N) is 3. The standard InChI is InChI=1S/C17H10FN9O/c1-2-9-5-15(11(6-12(9)18)16-24-26-27-25-16)21-17(28)14-4-3-13(22-23-14)10-7-19-20-8-10/h1,3-8H,(H,19,20)(H,21,28)(H,24,25,26,27). The summed E-state index contributed by atoms with van der Waals surface area (Å²) in [6.07, 6.45) is 8.55. The quantitative estimate of drug-likeness (QED) is 0.459. The summed E-state index contributed by atoms with van der Waals surface area (Å²) in [7, 11) is 0. The normalized spacial score (nSPS) is 10.4.